The summed E-state index contributed by atoms with van der Waals surface area (Å²) in [4.78, 5) is 4.25. The van der Waals surface area contributed by atoms with Gasteiger partial charge in [0.1, 0.15) is 6.07 Å². The summed E-state index contributed by atoms with van der Waals surface area (Å²) < 4.78 is 0. The summed E-state index contributed by atoms with van der Waals surface area (Å²) in [6.07, 6.45) is 3.75. The Balaban J connectivity index is 2.26. The number of nitrogens with zero attached hydrogens (tertiary/aromatic N) is 2. The molecular weight excluding hydrogens is 236 g/mol. The third-order valence-corrected chi connectivity index (χ3v) is 3.40. The zero-order chi connectivity index (χ0) is 13.9. The van der Waals surface area contributed by atoms with Gasteiger partial charge in [0.25, 0.3) is 0 Å². The van der Waals surface area contributed by atoms with Crippen molar-refractivity contribution in [3.63, 3.8) is 0 Å². The van der Waals surface area contributed by atoms with Crippen LogP contribution in [-0.2, 0) is 0 Å². The van der Waals surface area contributed by atoms with E-state index in [9.17, 15) is 5.26 Å². The predicted octanol–water partition coefficient (Wildman–Crippen LogP) is 2.13. The van der Waals surface area contributed by atoms with Crippen molar-refractivity contribution in [1.29, 1.82) is 5.26 Å². The van der Waals surface area contributed by atoms with E-state index >= 15 is 0 Å². The van der Waals surface area contributed by atoms with E-state index in [1.165, 1.54) is 0 Å². The molecule has 1 aromatic heterocycles. The molecule has 0 radical (unpaired) electrons. The molecule has 1 aliphatic heterocycles. The molecule has 2 atom stereocenters. The second-order valence-electron chi connectivity index (χ2n) is 5.94. The maximum Gasteiger partial charge on any atom is 0.101 e. The lowest BCUT2D eigenvalue weighted by atomic mass is 9.79. The van der Waals surface area contributed by atoms with Gasteiger partial charge in [-0.05, 0) is 17.5 Å². The number of nitriles is 1. The van der Waals surface area contributed by atoms with E-state index in [4.69, 9.17) is 0 Å². The van der Waals surface area contributed by atoms with Crippen LogP contribution in [0.5, 0.6) is 0 Å². The second kappa shape index (κ2) is 5.52. The summed E-state index contributed by atoms with van der Waals surface area (Å²) in [5, 5.41) is 9.33. The maximum absolute atomic E-state index is 9.33. The van der Waals surface area contributed by atoms with Crippen molar-refractivity contribution in [2.75, 3.05) is 6.54 Å². The molecule has 1 aliphatic rings. The minimum Gasteiger partial charge on any atom is -0.257 e. The van der Waals surface area contributed by atoms with Crippen LogP contribution in [0, 0.1) is 22.7 Å². The molecule has 0 saturated carbocycles. The monoisotopic (exact) mass is 256 g/mol. The molecule has 2 rings (SSSR count). The van der Waals surface area contributed by atoms with Crippen molar-refractivity contribution in [1.82, 2.24) is 15.8 Å². The van der Waals surface area contributed by atoms with Gasteiger partial charge in [-0.15, -0.1) is 0 Å². The van der Waals surface area contributed by atoms with Gasteiger partial charge in [0, 0.05) is 24.7 Å². The van der Waals surface area contributed by atoms with Crippen LogP contribution in [-0.4, -0.2) is 17.6 Å². The maximum atomic E-state index is 9.33. The molecular formula is C15H20N4. The topological polar surface area (TPSA) is 60.7 Å². The Morgan fingerprint density at radius 1 is 1.47 bits per heavy atom. The Bertz CT molecular complexity index is 493. The average Bonchev–Trinajstić information content (AvgIpc) is 2.85. The highest BCUT2D eigenvalue weighted by atomic mass is 15.4. The van der Waals surface area contributed by atoms with E-state index in [2.05, 4.69) is 42.7 Å². The number of allylic oxidation sites excluding steroid dienone is 1. The molecule has 19 heavy (non-hydrogen) atoms. The Kier molecular flexibility index (Phi) is 3.98. The highest BCUT2D eigenvalue weighted by Crippen LogP contribution is 2.29. The van der Waals surface area contributed by atoms with Crippen molar-refractivity contribution in [3.8, 4) is 6.07 Å². The van der Waals surface area contributed by atoms with Crippen molar-refractivity contribution in [2.24, 2.45) is 11.3 Å². The number of hydrogen-bond acceptors (Lipinski definition) is 4. The summed E-state index contributed by atoms with van der Waals surface area (Å²) in [7, 11) is 0. The van der Waals surface area contributed by atoms with Crippen molar-refractivity contribution >= 4 is 5.57 Å². The van der Waals surface area contributed by atoms with Crippen LogP contribution < -0.4 is 10.9 Å². The van der Waals surface area contributed by atoms with E-state index in [0.29, 0.717) is 11.6 Å². The van der Waals surface area contributed by atoms with E-state index in [0.717, 1.165) is 12.2 Å². The molecule has 0 bridgehead atoms. The van der Waals surface area contributed by atoms with Gasteiger partial charge >= 0.3 is 0 Å². The third kappa shape index (κ3) is 3.19. The average molecular weight is 256 g/mol. The first-order valence-electron chi connectivity index (χ1n) is 6.54. The summed E-state index contributed by atoms with van der Waals surface area (Å²) in [6, 6.07) is 8.20. The van der Waals surface area contributed by atoms with Gasteiger partial charge in [0.15, 0.2) is 0 Å². The molecule has 0 amide bonds. The molecule has 0 aromatic carbocycles. The van der Waals surface area contributed by atoms with Crippen LogP contribution in [0.4, 0.5) is 0 Å². The van der Waals surface area contributed by atoms with Gasteiger partial charge in [-0.2, -0.15) is 5.26 Å². The van der Waals surface area contributed by atoms with Crippen LogP contribution in [0.15, 0.2) is 30.5 Å². The molecule has 2 unspecified atom stereocenters. The highest BCUT2D eigenvalue weighted by Gasteiger charge is 2.35. The zero-order valence-corrected chi connectivity index (χ0v) is 11.6. The lowest BCUT2D eigenvalue weighted by Gasteiger charge is -2.30. The third-order valence-electron chi connectivity index (χ3n) is 3.40. The Labute approximate surface area is 114 Å². The van der Waals surface area contributed by atoms with E-state index in [-0.39, 0.29) is 11.3 Å². The van der Waals surface area contributed by atoms with Crippen LogP contribution in [0.3, 0.4) is 0 Å². The zero-order valence-electron chi connectivity index (χ0n) is 11.6. The van der Waals surface area contributed by atoms with E-state index in [1.54, 1.807) is 6.20 Å². The molecule has 4 nitrogen and oxygen atoms in total. The molecule has 2 N–H and O–H groups in total. The fourth-order valence-electron chi connectivity index (χ4n) is 2.44. The number of pyridine rings is 1. The molecule has 100 valence electrons. The number of rotatable bonds is 2. The van der Waals surface area contributed by atoms with Gasteiger partial charge in [-0.25, -0.2) is 0 Å². The van der Waals surface area contributed by atoms with Crippen molar-refractivity contribution in [3.05, 3.63) is 36.2 Å². The Hall–Kier alpha value is -1.70. The molecule has 1 fully saturated rings. The van der Waals surface area contributed by atoms with Crippen LogP contribution >= 0.6 is 0 Å². The Morgan fingerprint density at radius 3 is 2.84 bits per heavy atom. The quantitative estimate of drug-likeness (QED) is 0.796. The normalized spacial score (nSPS) is 24.2. The molecule has 1 saturated heterocycles. The minimum atomic E-state index is 0.134. The first kappa shape index (κ1) is 13.7. The fourth-order valence-corrected chi connectivity index (χ4v) is 2.44. The minimum absolute atomic E-state index is 0.134. The number of nitrogens with one attached hydrogen (secondary N) is 2. The smallest absolute Gasteiger partial charge is 0.101 e. The molecule has 0 spiro atoms. The molecule has 4 heteroatoms. The SMILES string of the molecule is CC(C)(C)C1NNCC1/C=C(\C#N)c1ccccn1. The highest BCUT2D eigenvalue weighted by molar-refractivity contribution is 5.74. The summed E-state index contributed by atoms with van der Waals surface area (Å²) >= 11 is 0. The van der Waals surface area contributed by atoms with Crippen LogP contribution in [0.1, 0.15) is 26.5 Å². The first-order valence-corrected chi connectivity index (χ1v) is 6.54. The molecule has 2 heterocycles. The van der Waals surface area contributed by atoms with Crippen molar-refractivity contribution in [2.45, 2.75) is 26.8 Å². The van der Waals surface area contributed by atoms with Gasteiger partial charge in [0.2, 0.25) is 0 Å². The lowest BCUT2D eigenvalue weighted by Crippen LogP contribution is -2.41. The summed E-state index contributed by atoms with van der Waals surface area (Å²) in [6.45, 7) is 7.43. The van der Waals surface area contributed by atoms with E-state index in [1.807, 2.05) is 24.3 Å². The van der Waals surface area contributed by atoms with Gasteiger partial charge < -0.3 is 0 Å². The number of aromatic nitrogens is 1. The van der Waals surface area contributed by atoms with Crippen molar-refractivity contribution < 1.29 is 0 Å². The standard InChI is InChI=1S/C15H20N4/c1-15(2,3)14-12(10-18-19-14)8-11(9-16)13-6-4-5-7-17-13/h4-8,12,14,18-19H,10H2,1-3H3/b11-8+. The molecule has 0 aliphatic carbocycles. The van der Waals surface area contributed by atoms with Gasteiger partial charge in [-0.3, -0.25) is 15.8 Å². The van der Waals surface area contributed by atoms with Crippen LogP contribution in [0.2, 0.25) is 0 Å². The lowest BCUT2D eigenvalue weighted by molar-refractivity contribution is 0.260. The van der Waals surface area contributed by atoms with E-state index < -0.39 is 0 Å². The summed E-state index contributed by atoms with van der Waals surface area (Å²) in [5.41, 5.74) is 8.01. The number of hydrazine groups is 1. The van der Waals surface area contributed by atoms with Crippen LogP contribution in [0.25, 0.3) is 5.57 Å². The fraction of sp³-hybridized carbons (Fsp3) is 0.467. The first-order chi connectivity index (χ1) is 9.02. The predicted molar refractivity (Wildman–Crippen MR) is 75.7 cm³/mol. The number of hydrogen-bond donors (Lipinski definition) is 2. The van der Waals surface area contributed by atoms with Gasteiger partial charge in [0.05, 0.1) is 11.3 Å². The largest absolute Gasteiger partial charge is 0.257 e. The van der Waals surface area contributed by atoms with Gasteiger partial charge in [-0.1, -0.05) is 32.9 Å². The Morgan fingerprint density at radius 2 is 2.26 bits per heavy atom. The summed E-state index contributed by atoms with van der Waals surface area (Å²) in [5.74, 6) is 0.289. The molecule has 1 aromatic rings. The second-order valence-corrected chi connectivity index (χ2v) is 5.94.